The van der Waals surface area contributed by atoms with Crippen LogP contribution < -0.4 is 10.4 Å². The molecule has 2 fully saturated rings. The summed E-state index contributed by atoms with van der Waals surface area (Å²) in [5.74, 6) is -0.851. The molecule has 1 saturated carbocycles. The third-order valence-electron chi connectivity index (χ3n) is 8.04. The SMILES string of the molecule is Cc1c(CCC(=O)N2CC[C@@]3(O)CCCC[C@@H]3C2)c(=O)oc2cc(OCc3ccc(F)cc3F)ccc12. The van der Waals surface area contributed by atoms with E-state index in [1.807, 2.05) is 11.8 Å². The molecule has 6 nitrogen and oxygen atoms in total. The van der Waals surface area contributed by atoms with Crippen LogP contribution in [0.1, 0.15) is 55.2 Å². The minimum Gasteiger partial charge on any atom is -0.489 e. The number of carbonyl (C=O) groups is 1. The number of aryl methyl sites for hydroxylation is 1. The lowest BCUT2D eigenvalue weighted by molar-refractivity contribution is -0.143. The molecule has 1 amide bonds. The van der Waals surface area contributed by atoms with Crippen LogP contribution in [0, 0.1) is 24.5 Å². The molecule has 2 heterocycles. The highest BCUT2D eigenvalue weighted by Crippen LogP contribution is 2.40. The van der Waals surface area contributed by atoms with E-state index < -0.39 is 22.9 Å². The summed E-state index contributed by atoms with van der Waals surface area (Å²) < 4.78 is 38.2. The minimum absolute atomic E-state index is 0.0108. The Morgan fingerprint density at radius 1 is 1.19 bits per heavy atom. The molecule has 1 aromatic heterocycles. The fourth-order valence-electron chi connectivity index (χ4n) is 5.74. The zero-order chi connectivity index (χ0) is 26.2. The number of carbonyl (C=O) groups excluding carboxylic acids is 1. The van der Waals surface area contributed by atoms with Gasteiger partial charge in [0.1, 0.15) is 29.6 Å². The van der Waals surface area contributed by atoms with Crippen LogP contribution in [-0.2, 0) is 17.8 Å². The molecule has 2 atom stereocenters. The number of amides is 1. The number of halogens is 2. The van der Waals surface area contributed by atoms with E-state index in [1.54, 1.807) is 18.2 Å². The first-order valence-corrected chi connectivity index (χ1v) is 12.9. The summed E-state index contributed by atoms with van der Waals surface area (Å²) in [6, 6.07) is 8.32. The Labute approximate surface area is 213 Å². The van der Waals surface area contributed by atoms with E-state index in [2.05, 4.69) is 0 Å². The van der Waals surface area contributed by atoms with Gasteiger partial charge in [-0.1, -0.05) is 12.8 Å². The maximum atomic E-state index is 13.9. The van der Waals surface area contributed by atoms with Crippen molar-refractivity contribution in [3.8, 4) is 5.75 Å². The van der Waals surface area contributed by atoms with Crippen molar-refractivity contribution in [2.45, 2.75) is 64.1 Å². The molecule has 0 unspecified atom stereocenters. The van der Waals surface area contributed by atoms with Gasteiger partial charge in [0.05, 0.1) is 5.60 Å². The largest absolute Gasteiger partial charge is 0.489 e. The van der Waals surface area contributed by atoms with Gasteiger partial charge >= 0.3 is 5.63 Å². The lowest BCUT2D eigenvalue weighted by Gasteiger charge is -2.47. The fraction of sp³-hybridized carbons (Fsp3) is 0.448. The normalized spacial score (nSPS) is 21.6. The quantitative estimate of drug-likeness (QED) is 0.469. The molecule has 1 saturated heterocycles. The van der Waals surface area contributed by atoms with E-state index in [1.165, 1.54) is 6.07 Å². The molecule has 3 aromatic rings. The highest BCUT2D eigenvalue weighted by molar-refractivity contribution is 5.83. The Balaban J connectivity index is 1.25. The van der Waals surface area contributed by atoms with Gasteiger partial charge in [0.15, 0.2) is 0 Å². The van der Waals surface area contributed by atoms with Crippen molar-refractivity contribution in [1.29, 1.82) is 0 Å². The van der Waals surface area contributed by atoms with Crippen molar-refractivity contribution >= 4 is 16.9 Å². The number of aliphatic hydroxyl groups is 1. The van der Waals surface area contributed by atoms with Crippen LogP contribution in [0.3, 0.4) is 0 Å². The van der Waals surface area contributed by atoms with E-state index in [9.17, 15) is 23.5 Å². The third kappa shape index (κ3) is 5.25. The molecule has 5 rings (SSSR count). The van der Waals surface area contributed by atoms with Gasteiger partial charge in [-0.15, -0.1) is 0 Å². The fourth-order valence-corrected chi connectivity index (χ4v) is 5.74. The summed E-state index contributed by atoms with van der Waals surface area (Å²) in [6.07, 6.45) is 4.97. The zero-order valence-corrected chi connectivity index (χ0v) is 20.9. The molecule has 1 aliphatic heterocycles. The monoisotopic (exact) mass is 511 g/mol. The summed E-state index contributed by atoms with van der Waals surface area (Å²) in [5.41, 5.74) is 0.619. The van der Waals surface area contributed by atoms with Gasteiger partial charge in [-0.2, -0.15) is 0 Å². The standard InChI is InChI=1S/C29H31F2NO5/c1-18-23-8-7-22(36-17-19-5-6-21(30)14-25(19)31)15-26(23)37-28(34)24(18)9-10-27(33)32-13-12-29(35)11-3-2-4-20(29)16-32/h5-8,14-15,20,35H,2-4,9-13,16-17H2,1H3/t20-,29+/m1/s1. The summed E-state index contributed by atoms with van der Waals surface area (Å²) in [5, 5.41) is 11.6. The Morgan fingerprint density at radius 3 is 2.84 bits per heavy atom. The number of fused-ring (bicyclic) bond motifs is 2. The second-order valence-electron chi connectivity index (χ2n) is 10.3. The minimum atomic E-state index is -0.693. The first-order chi connectivity index (χ1) is 17.7. The maximum Gasteiger partial charge on any atom is 0.339 e. The van der Waals surface area contributed by atoms with Crippen LogP contribution in [0.25, 0.3) is 11.0 Å². The zero-order valence-electron chi connectivity index (χ0n) is 20.9. The second-order valence-corrected chi connectivity index (χ2v) is 10.3. The van der Waals surface area contributed by atoms with Crippen molar-refractivity contribution in [3.05, 3.63) is 75.1 Å². The first-order valence-electron chi connectivity index (χ1n) is 12.9. The highest BCUT2D eigenvalue weighted by atomic mass is 19.1. The number of piperidine rings is 1. The molecule has 37 heavy (non-hydrogen) atoms. The van der Waals surface area contributed by atoms with Gasteiger partial charge in [0.2, 0.25) is 5.91 Å². The number of hydrogen-bond acceptors (Lipinski definition) is 5. The van der Waals surface area contributed by atoms with E-state index in [0.29, 0.717) is 36.4 Å². The van der Waals surface area contributed by atoms with Crippen LogP contribution in [0.5, 0.6) is 5.75 Å². The van der Waals surface area contributed by atoms with Crippen LogP contribution in [0.2, 0.25) is 0 Å². The molecule has 0 spiro atoms. The Bertz CT molecular complexity index is 1390. The number of rotatable bonds is 6. The number of benzene rings is 2. The number of ether oxygens (including phenoxy) is 1. The Kier molecular flexibility index (Phi) is 7.03. The topological polar surface area (TPSA) is 80.0 Å². The summed E-state index contributed by atoms with van der Waals surface area (Å²) in [4.78, 5) is 27.6. The van der Waals surface area contributed by atoms with Gasteiger partial charge in [-0.05, 0) is 62.4 Å². The molecule has 2 aliphatic rings. The molecule has 0 bridgehead atoms. The molecular formula is C29H31F2NO5. The Morgan fingerprint density at radius 2 is 2.03 bits per heavy atom. The Hall–Kier alpha value is -3.26. The van der Waals surface area contributed by atoms with Gasteiger partial charge in [0, 0.05) is 54.1 Å². The average molecular weight is 512 g/mol. The number of nitrogens with zero attached hydrogens (tertiary/aromatic N) is 1. The number of hydrogen-bond donors (Lipinski definition) is 1. The van der Waals surface area contributed by atoms with Gasteiger partial charge in [-0.3, -0.25) is 4.79 Å². The first kappa shape index (κ1) is 25.4. The van der Waals surface area contributed by atoms with E-state index in [4.69, 9.17) is 9.15 Å². The van der Waals surface area contributed by atoms with Crippen LogP contribution in [0.15, 0.2) is 45.6 Å². The van der Waals surface area contributed by atoms with Crippen LogP contribution >= 0.6 is 0 Å². The average Bonchev–Trinajstić information content (AvgIpc) is 2.87. The highest BCUT2D eigenvalue weighted by Gasteiger charge is 2.43. The molecule has 1 N–H and O–H groups in total. The maximum absolute atomic E-state index is 13.9. The van der Waals surface area contributed by atoms with E-state index >= 15 is 0 Å². The molecule has 196 valence electrons. The molecule has 1 aliphatic carbocycles. The van der Waals surface area contributed by atoms with Gasteiger partial charge < -0.3 is 19.2 Å². The second kappa shape index (κ2) is 10.2. The van der Waals surface area contributed by atoms with Crippen molar-refractivity contribution in [3.63, 3.8) is 0 Å². The lowest BCUT2D eigenvalue weighted by atomic mass is 9.71. The van der Waals surface area contributed by atoms with Gasteiger partial charge in [-0.25, -0.2) is 13.6 Å². The predicted molar refractivity (Wildman–Crippen MR) is 134 cm³/mol. The van der Waals surface area contributed by atoms with Crippen molar-refractivity contribution in [2.24, 2.45) is 5.92 Å². The molecule has 8 heteroatoms. The summed E-state index contributed by atoms with van der Waals surface area (Å²) in [6.45, 7) is 2.85. The van der Waals surface area contributed by atoms with Crippen molar-refractivity contribution in [2.75, 3.05) is 13.1 Å². The van der Waals surface area contributed by atoms with E-state index in [0.717, 1.165) is 48.8 Å². The third-order valence-corrected chi connectivity index (χ3v) is 8.04. The van der Waals surface area contributed by atoms with Crippen molar-refractivity contribution in [1.82, 2.24) is 4.90 Å². The summed E-state index contributed by atoms with van der Waals surface area (Å²) in [7, 11) is 0. The lowest BCUT2D eigenvalue weighted by Crippen LogP contribution is -2.54. The van der Waals surface area contributed by atoms with Crippen LogP contribution in [-0.4, -0.2) is 34.6 Å². The smallest absolute Gasteiger partial charge is 0.339 e. The molecule has 0 radical (unpaired) electrons. The van der Waals surface area contributed by atoms with Gasteiger partial charge in [0.25, 0.3) is 0 Å². The molecular weight excluding hydrogens is 480 g/mol. The molecule has 2 aromatic carbocycles. The number of likely N-dealkylation sites (tertiary alicyclic amines) is 1. The van der Waals surface area contributed by atoms with Crippen LogP contribution in [0.4, 0.5) is 8.78 Å². The predicted octanol–water partition coefficient (Wildman–Crippen LogP) is 5.04. The summed E-state index contributed by atoms with van der Waals surface area (Å²) >= 11 is 0. The van der Waals surface area contributed by atoms with E-state index in [-0.39, 0.29) is 36.8 Å². The van der Waals surface area contributed by atoms with Crippen molar-refractivity contribution < 1.29 is 27.8 Å².